The van der Waals surface area contributed by atoms with Gasteiger partial charge in [0, 0.05) is 6.42 Å². The van der Waals surface area contributed by atoms with E-state index in [2.05, 4.69) is 12.6 Å². The van der Waals surface area contributed by atoms with Crippen LogP contribution < -0.4 is 5.43 Å². The zero-order valence-corrected chi connectivity index (χ0v) is 11.0. The van der Waals surface area contributed by atoms with Gasteiger partial charge in [-0.1, -0.05) is 35.3 Å². The zero-order valence-electron chi connectivity index (χ0n) is 8.61. The second-order valence-corrected chi connectivity index (χ2v) is 4.82. The lowest BCUT2D eigenvalue weighted by molar-refractivity contribution is 0.492. The van der Waals surface area contributed by atoms with Crippen molar-refractivity contribution in [3.8, 4) is 0 Å². The van der Waals surface area contributed by atoms with Gasteiger partial charge in [-0.25, -0.2) is 0 Å². The smallest absolute Gasteiger partial charge is 0.197 e. The van der Waals surface area contributed by atoms with E-state index in [0.29, 0.717) is 28.0 Å². The molecule has 0 saturated carbocycles. The van der Waals surface area contributed by atoms with Crippen LogP contribution in [-0.4, -0.2) is 0 Å². The Hall–Kier alpha value is -0.900. The van der Waals surface area contributed by atoms with Crippen LogP contribution in [0.2, 0.25) is 0 Å². The van der Waals surface area contributed by atoms with Gasteiger partial charge in [0.05, 0.1) is 10.9 Å². The maximum Gasteiger partial charge on any atom is 0.197 e. The quantitative estimate of drug-likeness (QED) is 0.848. The van der Waals surface area contributed by atoms with Crippen LogP contribution in [0.3, 0.4) is 0 Å². The first-order valence-electron chi connectivity index (χ1n) is 4.84. The van der Waals surface area contributed by atoms with E-state index in [0.717, 1.165) is 0 Å². The lowest BCUT2D eigenvalue weighted by Gasteiger charge is -2.03. The first kappa shape index (κ1) is 12.6. The van der Waals surface area contributed by atoms with Gasteiger partial charge in [0.1, 0.15) is 10.1 Å². The molecule has 0 atom stereocenters. The topological polar surface area (TPSA) is 30.2 Å². The first-order valence-corrected chi connectivity index (χ1v) is 6.04. The van der Waals surface area contributed by atoms with E-state index in [-0.39, 0.29) is 9.92 Å². The van der Waals surface area contributed by atoms with E-state index in [1.807, 2.05) is 0 Å². The predicted octanol–water partition coefficient (Wildman–Crippen LogP) is 3.94. The minimum Gasteiger partial charge on any atom is -0.450 e. The summed E-state index contributed by atoms with van der Waals surface area (Å²) in [4.78, 5) is 12.1. The van der Waals surface area contributed by atoms with E-state index in [9.17, 15) is 4.79 Å². The van der Waals surface area contributed by atoms with Crippen molar-refractivity contribution in [3.63, 3.8) is 0 Å². The van der Waals surface area contributed by atoms with E-state index in [4.69, 9.17) is 27.6 Å². The van der Waals surface area contributed by atoms with Crippen LogP contribution in [-0.2, 0) is 6.42 Å². The van der Waals surface area contributed by atoms with E-state index in [1.54, 1.807) is 24.3 Å². The number of rotatable bonds is 2. The summed E-state index contributed by atoms with van der Waals surface area (Å²) in [6.45, 7) is 0. The third-order valence-corrected chi connectivity index (χ3v) is 3.00. The van der Waals surface area contributed by atoms with Crippen molar-refractivity contribution >= 4 is 46.8 Å². The summed E-state index contributed by atoms with van der Waals surface area (Å²) in [7, 11) is 0. The third kappa shape index (κ3) is 2.68. The number of allylic oxidation sites excluding steroid dienone is 1. The fourth-order valence-corrected chi connectivity index (χ4v) is 1.97. The fourth-order valence-electron chi connectivity index (χ4n) is 1.53. The highest BCUT2D eigenvalue weighted by Crippen LogP contribution is 2.19. The van der Waals surface area contributed by atoms with Crippen LogP contribution in [0.15, 0.2) is 49.1 Å². The van der Waals surface area contributed by atoms with Gasteiger partial charge in [0.25, 0.3) is 0 Å². The molecule has 0 N–H and O–H groups in total. The Kier molecular flexibility index (Phi) is 3.82. The van der Waals surface area contributed by atoms with Gasteiger partial charge in [0.2, 0.25) is 0 Å². The lowest BCUT2D eigenvalue weighted by Crippen LogP contribution is -2.09. The standard InChI is InChI=1S/C12H8Cl2O2S/c13-10(14)6-5-8-11(15)7-3-1-2-4-9(7)16-12(8)17/h1-4,6,17H,5H2. The molecular weight excluding hydrogens is 279 g/mol. The van der Waals surface area contributed by atoms with Crippen LogP contribution in [0.5, 0.6) is 0 Å². The zero-order chi connectivity index (χ0) is 12.4. The van der Waals surface area contributed by atoms with Crippen molar-refractivity contribution in [2.75, 3.05) is 0 Å². The molecule has 0 saturated heterocycles. The third-order valence-electron chi connectivity index (χ3n) is 2.33. The van der Waals surface area contributed by atoms with Crippen molar-refractivity contribution in [2.45, 2.75) is 11.5 Å². The van der Waals surface area contributed by atoms with Crippen LogP contribution in [0.4, 0.5) is 0 Å². The summed E-state index contributed by atoms with van der Waals surface area (Å²) in [6.07, 6.45) is 1.83. The van der Waals surface area contributed by atoms with Gasteiger partial charge < -0.3 is 4.42 Å². The molecule has 0 aliphatic carbocycles. The van der Waals surface area contributed by atoms with Gasteiger partial charge in [-0.05, 0) is 18.2 Å². The molecule has 0 spiro atoms. The Labute approximate surface area is 113 Å². The summed E-state index contributed by atoms with van der Waals surface area (Å²) < 4.78 is 5.57. The van der Waals surface area contributed by atoms with E-state index < -0.39 is 0 Å². The Morgan fingerprint density at radius 3 is 2.76 bits per heavy atom. The monoisotopic (exact) mass is 286 g/mol. The molecule has 1 aromatic heterocycles. The summed E-state index contributed by atoms with van der Waals surface area (Å²) >= 11 is 15.2. The molecule has 0 bridgehead atoms. The number of para-hydroxylation sites is 1. The minimum atomic E-state index is -0.109. The number of benzene rings is 1. The summed E-state index contributed by atoms with van der Waals surface area (Å²) in [5, 5.41) is 0.818. The number of hydrogen-bond donors (Lipinski definition) is 1. The first-order chi connectivity index (χ1) is 8.09. The van der Waals surface area contributed by atoms with Gasteiger partial charge in [-0.15, -0.1) is 12.6 Å². The Bertz CT molecular complexity index is 642. The molecule has 0 aliphatic rings. The number of hydrogen-bond acceptors (Lipinski definition) is 3. The maximum atomic E-state index is 12.1. The molecule has 0 aliphatic heterocycles. The molecule has 0 radical (unpaired) electrons. The van der Waals surface area contributed by atoms with Crippen LogP contribution in [0.1, 0.15) is 5.56 Å². The summed E-state index contributed by atoms with van der Waals surface area (Å²) in [5.41, 5.74) is 0.862. The Morgan fingerprint density at radius 1 is 1.35 bits per heavy atom. The molecule has 1 aromatic carbocycles. The van der Waals surface area contributed by atoms with Crippen molar-refractivity contribution in [3.05, 3.63) is 50.6 Å². The molecule has 1 heterocycles. The van der Waals surface area contributed by atoms with Gasteiger partial charge >= 0.3 is 0 Å². The number of fused-ring (bicyclic) bond motifs is 1. The summed E-state index contributed by atoms with van der Waals surface area (Å²) in [6, 6.07) is 7.02. The SMILES string of the molecule is O=c1c(CC=C(Cl)Cl)c(S)oc2ccccc12. The number of halogens is 2. The van der Waals surface area contributed by atoms with Crippen molar-refractivity contribution in [1.82, 2.24) is 0 Å². The molecule has 88 valence electrons. The van der Waals surface area contributed by atoms with Crippen molar-refractivity contribution in [1.29, 1.82) is 0 Å². The highest BCUT2D eigenvalue weighted by atomic mass is 35.5. The highest BCUT2D eigenvalue weighted by Gasteiger charge is 2.10. The van der Waals surface area contributed by atoms with Crippen molar-refractivity contribution < 1.29 is 4.42 Å². The minimum absolute atomic E-state index is 0.109. The van der Waals surface area contributed by atoms with Gasteiger partial charge in [-0.3, -0.25) is 4.79 Å². The summed E-state index contributed by atoms with van der Waals surface area (Å²) in [5.74, 6) is 0. The average Bonchev–Trinajstić information content (AvgIpc) is 2.28. The average molecular weight is 287 g/mol. The molecular formula is C12H8Cl2O2S. The molecule has 2 rings (SSSR count). The van der Waals surface area contributed by atoms with E-state index in [1.165, 1.54) is 6.08 Å². The molecule has 5 heteroatoms. The molecule has 0 fully saturated rings. The van der Waals surface area contributed by atoms with Crippen LogP contribution >= 0.6 is 35.8 Å². The van der Waals surface area contributed by atoms with E-state index >= 15 is 0 Å². The maximum absolute atomic E-state index is 12.1. The molecule has 0 amide bonds. The molecule has 2 aromatic rings. The van der Waals surface area contributed by atoms with Crippen LogP contribution in [0, 0.1) is 0 Å². The fraction of sp³-hybridized carbons (Fsp3) is 0.0833. The van der Waals surface area contributed by atoms with Gasteiger partial charge in [-0.2, -0.15) is 0 Å². The normalized spacial score (nSPS) is 10.5. The van der Waals surface area contributed by atoms with Crippen LogP contribution in [0.25, 0.3) is 11.0 Å². The Morgan fingerprint density at radius 2 is 2.06 bits per heavy atom. The second-order valence-electron chi connectivity index (χ2n) is 3.41. The largest absolute Gasteiger partial charge is 0.450 e. The molecule has 2 nitrogen and oxygen atoms in total. The molecule has 17 heavy (non-hydrogen) atoms. The van der Waals surface area contributed by atoms with Gasteiger partial charge in [0.15, 0.2) is 10.5 Å². The number of thiol groups is 1. The van der Waals surface area contributed by atoms with Crippen molar-refractivity contribution in [2.24, 2.45) is 0 Å². The second kappa shape index (κ2) is 5.17. The lowest BCUT2D eigenvalue weighted by atomic mass is 10.1. The Balaban J connectivity index is 2.64. The molecule has 0 unspecified atom stereocenters. The highest BCUT2D eigenvalue weighted by molar-refractivity contribution is 7.80. The predicted molar refractivity (Wildman–Crippen MR) is 73.2 cm³/mol.